The molecule has 136 valence electrons. The third-order valence-corrected chi connectivity index (χ3v) is 13.3. The molecule has 27 heavy (non-hydrogen) atoms. The minimum Gasteiger partial charge on any atom is -0.344 e. The van der Waals surface area contributed by atoms with Crippen molar-refractivity contribution >= 4 is 40.1 Å². The average Bonchev–Trinajstić information content (AvgIpc) is 3.14. The lowest BCUT2D eigenvalue weighted by molar-refractivity contribution is 0.931. The van der Waals surface area contributed by atoms with Gasteiger partial charge in [0.15, 0.2) is 0 Å². The highest BCUT2D eigenvalue weighted by atomic mass is 28.3. The largest absolute Gasteiger partial charge is 0.344 e. The number of benzene rings is 3. The minimum absolute atomic E-state index is 0.647. The van der Waals surface area contributed by atoms with Crippen molar-refractivity contribution in [3.8, 4) is 11.3 Å². The van der Waals surface area contributed by atoms with E-state index >= 15 is 0 Å². The molecule has 0 amide bonds. The topological polar surface area (TPSA) is 4.93 Å². The fraction of sp³-hybridized carbons (Fsp3) is 0.280. The molecule has 1 aliphatic rings. The first-order valence-electron chi connectivity index (χ1n) is 10.1. The molecule has 0 unspecified atom stereocenters. The molecule has 0 saturated carbocycles. The summed E-state index contributed by atoms with van der Waals surface area (Å²) in [5.74, 6) is 0. The van der Waals surface area contributed by atoms with E-state index in [1.807, 2.05) is 0 Å². The van der Waals surface area contributed by atoms with E-state index in [4.69, 9.17) is 0 Å². The van der Waals surface area contributed by atoms with Crippen molar-refractivity contribution in [3.63, 3.8) is 0 Å². The van der Waals surface area contributed by atoms with Gasteiger partial charge in [0.05, 0.1) is 0 Å². The van der Waals surface area contributed by atoms with Crippen LogP contribution >= 0.6 is 0 Å². The molecule has 1 nitrogen and oxygen atoms in total. The Kier molecular flexibility index (Phi) is 3.48. The van der Waals surface area contributed by atoms with Crippen molar-refractivity contribution in [1.29, 1.82) is 0 Å². The SMILES string of the molecule is CC(C)[Si]1(C(C)C)c2c(ccc3ccccc23)-c2c1c1ccccc1n2C. The van der Waals surface area contributed by atoms with Gasteiger partial charge in [-0.15, -0.1) is 0 Å². The predicted molar refractivity (Wildman–Crippen MR) is 121 cm³/mol. The van der Waals surface area contributed by atoms with Gasteiger partial charge in [0.2, 0.25) is 0 Å². The Labute approximate surface area is 162 Å². The highest BCUT2D eigenvalue weighted by Crippen LogP contribution is 2.45. The molecule has 5 rings (SSSR count). The second kappa shape index (κ2) is 5.59. The van der Waals surface area contributed by atoms with E-state index in [1.165, 1.54) is 32.9 Å². The van der Waals surface area contributed by atoms with E-state index in [-0.39, 0.29) is 0 Å². The fourth-order valence-corrected chi connectivity index (χ4v) is 12.6. The monoisotopic (exact) mass is 369 g/mol. The van der Waals surface area contributed by atoms with Gasteiger partial charge in [-0.25, -0.2) is 0 Å². The molecule has 1 aromatic heterocycles. The summed E-state index contributed by atoms with van der Waals surface area (Å²) in [5, 5.41) is 7.69. The molecular formula is C25H27NSi. The van der Waals surface area contributed by atoms with Crippen LogP contribution in [0.1, 0.15) is 27.7 Å². The standard InChI is InChI=1S/C25H27NSi/c1-16(2)27(17(3)4)24-19-11-7-6-10-18(19)14-15-21(24)23-25(27)20-12-8-9-13-22(20)26(23)5/h6-17H,1-5H3. The summed E-state index contributed by atoms with van der Waals surface area (Å²) in [4.78, 5) is 0. The van der Waals surface area contributed by atoms with E-state index in [2.05, 4.69) is 100.0 Å². The third kappa shape index (κ3) is 1.89. The van der Waals surface area contributed by atoms with E-state index in [1.54, 1.807) is 10.4 Å². The molecule has 0 spiro atoms. The van der Waals surface area contributed by atoms with Gasteiger partial charge in [0, 0.05) is 18.3 Å². The Morgan fingerprint density at radius 3 is 2.04 bits per heavy atom. The van der Waals surface area contributed by atoms with E-state index < -0.39 is 8.07 Å². The summed E-state index contributed by atoms with van der Waals surface area (Å²) < 4.78 is 2.46. The second-order valence-corrected chi connectivity index (χ2v) is 13.7. The molecule has 0 atom stereocenters. The van der Waals surface area contributed by atoms with Gasteiger partial charge >= 0.3 is 0 Å². The number of hydrogen-bond donors (Lipinski definition) is 0. The highest BCUT2D eigenvalue weighted by Gasteiger charge is 2.53. The van der Waals surface area contributed by atoms with Crippen LogP contribution in [0.15, 0.2) is 60.7 Å². The molecule has 2 heteroatoms. The van der Waals surface area contributed by atoms with Crippen LogP contribution in [0.2, 0.25) is 11.1 Å². The van der Waals surface area contributed by atoms with Gasteiger partial charge in [0.25, 0.3) is 0 Å². The lowest BCUT2D eigenvalue weighted by Crippen LogP contribution is -2.60. The van der Waals surface area contributed by atoms with Crippen LogP contribution in [-0.2, 0) is 7.05 Å². The number of aryl methyl sites for hydroxylation is 1. The Morgan fingerprint density at radius 2 is 1.33 bits per heavy atom. The van der Waals surface area contributed by atoms with Gasteiger partial charge < -0.3 is 4.57 Å². The van der Waals surface area contributed by atoms with Gasteiger partial charge in [-0.1, -0.05) is 82.3 Å². The first kappa shape index (κ1) is 16.8. The molecule has 0 fully saturated rings. The van der Waals surface area contributed by atoms with Crippen LogP contribution in [0.4, 0.5) is 0 Å². The maximum absolute atomic E-state index is 2.47. The molecular weight excluding hydrogens is 342 g/mol. The van der Waals surface area contributed by atoms with Crippen LogP contribution in [-0.4, -0.2) is 12.6 Å². The zero-order valence-electron chi connectivity index (χ0n) is 16.9. The maximum atomic E-state index is 2.47. The zero-order chi connectivity index (χ0) is 18.9. The van der Waals surface area contributed by atoms with Crippen molar-refractivity contribution in [2.45, 2.75) is 38.8 Å². The normalized spacial score (nSPS) is 15.1. The molecule has 0 bridgehead atoms. The fourth-order valence-electron chi connectivity index (χ4n) is 5.99. The van der Waals surface area contributed by atoms with Gasteiger partial charge in [-0.05, 0) is 49.2 Å². The van der Waals surface area contributed by atoms with Crippen LogP contribution in [0.25, 0.3) is 32.9 Å². The van der Waals surface area contributed by atoms with E-state index in [0.717, 1.165) is 0 Å². The van der Waals surface area contributed by atoms with Crippen LogP contribution in [0, 0.1) is 0 Å². The Morgan fingerprint density at radius 1 is 0.704 bits per heavy atom. The summed E-state index contributed by atoms with van der Waals surface area (Å²) in [6.45, 7) is 9.87. The molecule has 0 radical (unpaired) electrons. The second-order valence-electron chi connectivity index (χ2n) is 8.69. The van der Waals surface area contributed by atoms with E-state index in [0.29, 0.717) is 11.1 Å². The smallest absolute Gasteiger partial charge is 0.128 e. The Hall–Kier alpha value is -2.32. The molecule has 1 aliphatic heterocycles. The molecule has 0 saturated heterocycles. The number of para-hydroxylation sites is 1. The van der Waals surface area contributed by atoms with Crippen molar-refractivity contribution in [3.05, 3.63) is 60.7 Å². The van der Waals surface area contributed by atoms with Gasteiger partial charge in [-0.2, -0.15) is 0 Å². The first-order chi connectivity index (χ1) is 13.0. The van der Waals surface area contributed by atoms with E-state index in [9.17, 15) is 0 Å². The lowest BCUT2D eigenvalue weighted by Gasteiger charge is -2.38. The quantitative estimate of drug-likeness (QED) is 0.400. The third-order valence-electron chi connectivity index (χ3n) is 6.94. The number of rotatable bonds is 2. The number of aromatic nitrogens is 1. The number of hydrogen-bond acceptors (Lipinski definition) is 0. The van der Waals surface area contributed by atoms with Crippen molar-refractivity contribution in [2.24, 2.45) is 7.05 Å². The summed E-state index contributed by atoms with van der Waals surface area (Å²) in [6, 6.07) is 22.8. The summed E-state index contributed by atoms with van der Waals surface area (Å²) in [7, 11) is 0.298. The number of fused-ring (bicyclic) bond motifs is 7. The van der Waals surface area contributed by atoms with Crippen LogP contribution in [0.5, 0.6) is 0 Å². The highest BCUT2D eigenvalue weighted by molar-refractivity contribution is 7.09. The van der Waals surface area contributed by atoms with Crippen molar-refractivity contribution in [1.82, 2.24) is 4.57 Å². The molecule has 4 aromatic rings. The summed E-state index contributed by atoms with van der Waals surface area (Å²) >= 11 is 0. The Bertz CT molecular complexity index is 1190. The molecule has 3 aromatic carbocycles. The van der Waals surface area contributed by atoms with Crippen LogP contribution < -0.4 is 10.4 Å². The Balaban J connectivity index is 2.07. The van der Waals surface area contributed by atoms with Gasteiger partial charge in [0.1, 0.15) is 8.07 Å². The molecule has 2 heterocycles. The van der Waals surface area contributed by atoms with Crippen LogP contribution in [0.3, 0.4) is 0 Å². The van der Waals surface area contributed by atoms with Crippen molar-refractivity contribution < 1.29 is 0 Å². The number of nitrogens with zero attached hydrogens (tertiary/aromatic N) is 1. The molecule has 0 N–H and O–H groups in total. The van der Waals surface area contributed by atoms with Gasteiger partial charge in [-0.3, -0.25) is 0 Å². The summed E-state index contributed by atoms with van der Waals surface area (Å²) in [5.41, 5.74) is 5.63. The molecule has 0 aliphatic carbocycles. The first-order valence-corrected chi connectivity index (χ1v) is 12.3. The summed E-state index contributed by atoms with van der Waals surface area (Å²) in [6.07, 6.45) is 0. The minimum atomic E-state index is -1.96. The zero-order valence-corrected chi connectivity index (χ0v) is 17.9. The average molecular weight is 370 g/mol. The maximum Gasteiger partial charge on any atom is 0.128 e. The van der Waals surface area contributed by atoms with Crippen molar-refractivity contribution in [2.75, 3.05) is 0 Å². The predicted octanol–water partition coefficient (Wildman–Crippen LogP) is 5.69. The lowest BCUT2D eigenvalue weighted by atomic mass is 10.0.